The Balaban J connectivity index is 2.73. The van der Waals surface area contributed by atoms with Gasteiger partial charge in [-0.3, -0.25) is 14.4 Å². The number of amides is 2. The molecule has 1 unspecified atom stereocenters. The van der Waals surface area contributed by atoms with Crippen molar-refractivity contribution in [3.63, 3.8) is 0 Å². The van der Waals surface area contributed by atoms with Gasteiger partial charge in [-0.1, -0.05) is 20.8 Å². The van der Waals surface area contributed by atoms with Crippen LogP contribution in [0.1, 0.15) is 33.6 Å². The third-order valence-electron chi connectivity index (χ3n) is 3.57. The number of nitrogens with two attached hydrogens (primary N) is 1. The van der Waals surface area contributed by atoms with Crippen LogP contribution in [-0.2, 0) is 14.4 Å². The van der Waals surface area contributed by atoms with E-state index in [0.29, 0.717) is 25.9 Å². The second-order valence-corrected chi connectivity index (χ2v) is 6.14. The molecule has 0 aromatic rings. The van der Waals surface area contributed by atoms with Crippen LogP contribution in [0.2, 0.25) is 0 Å². The predicted molar refractivity (Wildman–Crippen MR) is 69.1 cm³/mol. The second kappa shape index (κ2) is 5.59. The lowest BCUT2D eigenvalue weighted by Crippen LogP contribution is -2.49. The lowest BCUT2D eigenvalue weighted by Gasteiger charge is -2.35. The highest BCUT2D eigenvalue weighted by atomic mass is 16.4. The average Bonchev–Trinajstić information content (AvgIpc) is 2.26. The minimum Gasteiger partial charge on any atom is -0.481 e. The highest BCUT2D eigenvalue weighted by molar-refractivity contribution is 5.97. The van der Waals surface area contributed by atoms with E-state index in [0.717, 1.165) is 0 Å². The zero-order chi connectivity index (χ0) is 14.8. The number of likely N-dealkylation sites (tertiary alicyclic amines) is 1. The van der Waals surface area contributed by atoms with Crippen LogP contribution in [0.3, 0.4) is 0 Å². The van der Waals surface area contributed by atoms with Crippen molar-refractivity contribution in [1.29, 1.82) is 0 Å². The smallest absolute Gasteiger partial charge is 0.316 e. The van der Waals surface area contributed by atoms with E-state index in [1.54, 1.807) is 20.8 Å². The number of aliphatic carboxylic acids is 1. The van der Waals surface area contributed by atoms with E-state index in [9.17, 15) is 19.5 Å². The molecule has 1 atom stereocenters. The molecule has 6 heteroatoms. The van der Waals surface area contributed by atoms with Gasteiger partial charge in [0, 0.05) is 19.0 Å². The van der Waals surface area contributed by atoms with Gasteiger partial charge >= 0.3 is 5.97 Å². The van der Waals surface area contributed by atoms with Crippen molar-refractivity contribution in [3.05, 3.63) is 0 Å². The van der Waals surface area contributed by atoms with Gasteiger partial charge in [0.2, 0.25) is 11.8 Å². The monoisotopic (exact) mass is 270 g/mol. The molecule has 108 valence electrons. The molecule has 0 aromatic heterocycles. The largest absolute Gasteiger partial charge is 0.481 e. The second-order valence-electron chi connectivity index (χ2n) is 6.14. The first-order valence-electron chi connectivity index (χ1n) is 6.45. The Hall–Kier alpha value is -1.59. The predicted octanol–water partition coefficient (Wildman–Crippen LogP) is 0.457. The molecule has 6 nitrogen and oxygen atoms in total. The van der Waals surface area contributed by atoms with Crippen LogP contribution in [-0.4, -0.2) is 40.9 Å². The van der Waals surface area contributed by atoms with Crippen LogP contribution in [0, 0.1) is 17.3 Å². The fourth-order valence-corrected chi connectivity index (χ4v) is 2.41. The number of primary amides is 1. The Bertz CT molecular complexity index is 379. The number of carboxylic acid groups (broad SMARTS) is 1. The standard InChI is InChI=1S/C13H22N2O4/c1-13(2,3)9(12(18)19)11(17)15-6-4-8(5-7-15)10(14)16/h8-9H,4-7H2,1-3H3,(H2,14,16)(H,18,19). The van der Waals surface area contributed by atoms with E-state index in [-0.39, 0.29) is 17.7 Å². The SMILES string of the molecule is CC(C)(C)C(C(=O)O)C(=O)N1CCC(C(N)=O)CC1. The van der Waals surface area contributed by atoms with Gasteiger partial charge in [0.05, 0.1) is 0 Å². The Labute approximate surface area is 112 Å². The maximum absolute atomic E-state index is 12.3. The van der Waals surface area contributed by atoms with Gasteiger partial charge in [0.1, 0.15) is 5.92 Å². The third kappa shape index (κ3) is 3.68. The van der Waals surface area contributed by atoms with Gasteiger partial charge in [-0.15, -0.1) is 0 Å². The molecule has 1 rings (SSSR count). The summed E-state index contributed by atoms with van der Waals surface area (Å²) in [5, 5.41) is 9.23. The van der Waals surface area contributed by atoms with E-state index in [1.165, 1.54) is 4.90 Å². The highest BCUT2D eigenvalue weighted by Crippen LogP contribution is 2.29. The van der Waals surface area contributed by atoms with E-state index in [1.807, 2.05) is 0 Å². The van der Waals surface area contributed by atoms with E-state index in [2.05, 4.69) is 0 Å². The number of carbonyl (C=O) groups is 3. The lowest BCUT2D eigenvalue weighted by atomic mass is 9.79. The lowest BCUT2D eigenvalue weighted by molar-refractivity contribution is -0.157. The molecule has 1 aliphatic heterocycles. The number of piperidine rings is 1. The number of rotatable bonds is 3. The zero-order valence-corrected chi connectivity index (χ0v) is 11.7. The van der Waals surface area contributed by atoms with Crippen molar-refractivity contribution in [2.24, 2.45) is 23.0 Å². The molecule has 0 aromatic carbocycles. The first-order valence-corrected chi connectivity index (χ1v) is 6.45. The van der Waals surface area contributed by atoms with Gasteiger partial charge in [0.15, 0.2) is 0 Å². The number of carboxylic acids is 1. The maximum Gasteiger partial charge on any atom is 0.316 e. The molecule has 1 saturated heterocycles. The number of nitrogens with zero attached hydrogens (tertiary/aromatic N) is 1. The molecule has 0 saturated carbocycles. The molecule has 2 amide bonds. The number of hydrogen-bond donors (Lipinski definition) is 2. The molecule has 1 fully saturated rings. The normalized spacial score (nSPS) is 19.0. The molecular weight excluding hydrogens is 248 g/mol. The summed E-state index contributed by atoms with van der Waals surface area (Å²) in [6.07, 6.45) is 1.02. The highest BCUT2D eigenvalue weighted by Gasteiger charge is 2.41. The summed E-state index contributed by atoms with van der Waals surface area (Å²) in [5.74, 6) is -3.09. The number of hydrogen-bond acceptors (Lipinski definition) is 3. The van der Waals surface area contributed by atoms with Gasteiger partial charge in [0.25, 0.3) is 0 Å². The van der Waals surface area contributed by atoms with Gasteiger partial charge in [-0.05, 0) is 18.3 Å². The first-order chi connectivity index (χ1) is 8.64. The van der Waals surface area contributed by atoms with Crippen molar-refractivity contribution in [2.75, 3.05) is 13.1 Å². The number of carbonyl (C=O) groups excluding carboxylic acids is 2. The zero-order valence-electron chi connectivity index (χ0n) is 11.7. The molecule has 3 N–H and O–H groups in total. The van der Waals surface area contributed by atoms with Crippen molar-refractivity contribution >= 4 is 17.8 Å². The molecular formula is C13H22N2O4. The van der Waals surface area contributed by atoms with Crippen LogP contribution in [0.5, 0.6) is 0 Å². The van der Waals surface area contributed by atoms with E-state index in [4.69, 9.17) is 5.73 Å². The Morgan fingerprint density at radius 1 is 1.21 bits per heavy atom. The molecule has 1 heterocycles. The summed E-state index contributed by atoms with van der Waals surface area (Å²) >= 11 is 0. The summed E-state index contributed by atoms with van der Waals surface area (Å²) in [5.41, 5.74) is 4.59. The van der Waals surface area contributed by atoms with Crippen molar-refractivity contribution in [2.45, 2.75) is 33.6 Å². The van der Waals surface area contributed by atoms with Crippen molar-refractivity contribution < 1.29 is 19.5 Å². The fourth-order valence-electron chi connectivity index (χ4n) is 2.41. The molecule has 0 bridgehead atoms. The van der Waals surface area contributed by atoms with Gasteiger partial charge in [-0.25, -0.2) is 0 Å². The summed E-state index contributed by atoms with van der Waals surface area (Å²) in [6.45, 7) is 6.00. The van der Waals surface area contributed by atoms with Crippen LogP contribution in [0.25, 0.3) is 0 Å². The van der Waals surface area contributed by atoms with Crippen LogP contribution >= 0.6 is 0 Å². The first kappa shape index (κ1) is 15.5. The Morgan fingerprint density at radius 2 is 1.68 bits per heavy atom. The van der Waals surface area contributed by atoms with E-state index < -0.39 is 17.3 Å². The van der Waals surface area contributed by atoms with Crippen molar-refractivity contribution in [1.82, 2.24) is 4.90 Å². The Morgan fingerprint density at radius 3 is 2.00 bits per heavy atom. The van der Waals surface area contributed by atoms with Crippen molar-refractivity contribution in [3.8, 4) is 0 Å². The summed E-state index contributed by atoms with van der Waals surface area (Å²) in [6, 6.07) is 0. The third-order valence-corrected chi connectivity index (χ3v) is 3.57. The fraction of sp³-hybridized carbons (Fsp3) is 0.769. The maximum atomic E-state index is 12.3. The van der Waals surface area contributed by atoms with E-state index >= 15 is 0 Å². The Kier molecular flexibility index (Phi) is 4.55. The van der Waals surface area contributed by atoms with Crippen LogP contribution in [0.15, 0.2) is 0 Å². The average molecular weight is 270 g/mol. The van der Waals surface area contributed by atoms with Crippen LogP contribution in [0.4, 0.5) is 0 Å². The quantitative estimate of drug-likeness (QED) is 0.727. The minimum absolute atomic E-state index is 0.207. The summed E-state index contributed by atoms with van der Waals surface area (Å²) in [4.78, 5) is 36.2. The van der Waals surface area contributed by atoms with Gasteiger partial charge < -0.3 is 15.7 Å². The summed E-state index contributed by atoms with van der Waals surface area (Å²) in [7, 11) is 0. The van der Waals surface area contributed by atoms with Gasteiger partial charge in [-0.2, -0.15) is 0 Å². The summed E-state index contributed by atoms with van der Waals surface area (Å²) < 4.78 is 0. The topological polar surface area (TPSA) is 101 Å². The molecule has 0 aliphatic carbocycles. The molecule has 19 heavy (non-hydrogen) atoms. The van der Waals surface area contributed by atoms with Crippen LogP contribution < -0.4 is 5.73 Å². The molecule has 0 spiro atoms. The minimum atomic E-state index is -1.10. The molecule has 1 aliphatic rings. The molecule has 0 radical (unpaired) electrons.